The van der Waals surface area contributed by atoms with Crippen LogP contribution in [0.5, 0.6) is 0 Å². The zero-order chi connectivity index (χ0) is 20.0. The fourth-order valence-electron chi connectivity index (χ4n) is 2.69. The molecular weight excluding hydrogens is 383 g/mol. The lowest BCUT2D eigenvalue weighted by molar-refractivity contribution is -0.140. The van der Waals surface area contributed by atoms with Crippen LogP contribution in [0, 0.1) is 0 Å². The summed E-state index contributed by atoms with van der Waals surface area (Å²) < 4.78 is 0. The topological polar surface area (TPSA) is 49.4 Å². The zero-order valence-corrected chi connectivity index (χ0v) is 17.2. The number of nitrogens with zero attached hydrogens (tertiary/aromatic N) is 1. The molecule has 0 fully saturated rings. The molecule has 0 unspecified atom stereocenters. The summed E-state index contributed by atoms with van der Waals surface area (Å²) in [7, 11) is 0. The van der Waals surface area contributed by atoms with Crippen LogP contribution in [0.3, 0.4) is 0 Å². The second-order valence-corrected chi connectivity index (χ2v) is 7.59. The van der Waals surface area contributed by atoms with E-state index >= 15 is 0 Å². The third-order valence-corrected chi connectivity index (χ3v) is 4.87. The molecule has 2 amide bonds. The zero-order valence-electron chi connectivity index (χ0n) is 15.7. The van der Waals surface area contributed by atoms with Crippen LogP contribution in [0.4, 0.5) is 0 Å². The maximum Gasteiger partial charge on any atom is 0.242 e. The van der Waals surface area contributed by atoms with Crippen molar-refractivity contribution in [1.29, 1.82) is 0 Å². The average molecular weight is 407 g/mol. The highest BCUT2D eigenvalue weighted by Crippen LogP contribution is 2.24. The van der Waals surface area contributed by atoms with Gasteiger partial charge in [0.05, 0.1) is 16.5 Å². The van der Waals surface area contributed by atoms with E-state index in [0.29, 0.717) is 10.0 Å². The molecule has 0 aliphatic rings. The first kappa shape index (κ1) is 21.3. The fraction of sp³-hybridized carbons (Fsp3) is 0.333. The SMILES string of the molecule is CC(C)NC(=O)[C@H](C)N(Cc1ccc(Cl)c(Cl)c1)C(=O)Cc1ccccc1. The molecular formula is C21H24Cl2N2O2. The van der Waals surface area contributed by atoms with Gasteiger partial charge in [-0.2, -0.15) is 0 Å². The summed E-state index contributed by atoms with van der Waals surface area (Å²) in [6, 6.07) is 14.1. The van der Waals surface area contributed by atoms with Crippen LogP contribution in [0.15, 0.2) is 48.5 Å². The summed E-state index contributed by atoms with van der Waals surface area (Å²) in [4.78, 5) is 27.1. The van der Waals surface area contributed by atoms with Crippen LogP contribution in [0.2, 0.25) is 10.0 Å². The Balaban J connectivity index is 2.24. The predicted molar refractivity (Wildman–Crippen MR) is 110 cm³/mol. The minimum Gasteiger partial charge on any atom is -0.352 e. The van der Waals surface area contributed by atoms with Gasteiger partial charge in [0.25, 0.3) is 0 Å². The van der Waals surface area contributed by atoms with Crippen molar-refractivity contribution in [1.82, 2.24) is 10.2 Å². The molecule has 4 nitrogen and oxygen atoms in total. The molecule has 0 spiro atoms. The number of nitrogens with one attached hydrogen (secondary N) is 1. The van der Waals surface area contributed by atoms with Gasteiger partial charge in [0.1, 0.15) is 6.04 Å². The minimum atomic E-state index is -0.613. The Labute approximate surface area is 170 Å². The van der Waals surface area contributed by atoms with Crippen LogP contribution >= 0.6 is 23.2 Å². The Hall–Kier alpha value is -2.04. The van der Waals surface area contributed by atoms with Gasteiger partial charge < -0.3 is 10.2 Å². The molecule has 2 aromatic rings. The van der Waals surface area contributed by atoms with Crippen molar-refractivity contribution in [2.24, 2.45) is 0 Å². The normalized spacial score (nSPS) is 11.9. The van der Waals surface area contributed by atoms with Gasteiger partial charge in [-0.15, -0.1) is 0 Å². The summed E-state index contributed by atoms with van der Waals surface area (Å²) in [6.45, 7) is 5.78. The number of carbonyl (C=O) groups excluding carboxylic acids is 2. The van der Waals surface area contributed by atoms with E-state index in [1.165, 1.54) is 0 Å². The van der Waals surface area contributed by atoms with E-state index in [4.69, 9.17) is 23.2 Å². The van der Waals surface area contributed by atoms with Crippen LogP contribution in [0.25, 0.3) is 0 Å². The lowest BCUT2D eigenvalue weighted by atomic mass is 10.1. The molecule has 0 aliphatic carbocycles. The second-order valence-electron chi connectivity index (χ2n) is 6.77. The molecule has 0 aliphatic heterocycles. The summed E-state index contributed by atoms with van der Waals surface area (Å²) in [5.74, 6) is -0.315. The van der Waals surface area contributed by atoms with Crippen LogP contribution in [-0.2, 0) is 22.6 Å². The Morgan fingerprint density at radius 3 is 2.22 bits per heavy atom. The monoisotopic (exact) mass is 406 g/mol. The van der Waals surface area contributed by atoms with E-state index < -0.39 is 6.04 Å². The maximum absolute atomic E-state index is 13.0. The van der Waals surface area contributed by atoms with Crippen molar-refractivity contribution in [3.63, 3.8) is 0 Å². The number of benzene rings is 2. The Morgan fingerprint density at radius 1 is 0.963 bits per heavy atom. The van der Waals surface area contributed by atoms with E-state index in [1.54, 1.807) is 24.0 Å². The summed E-state index contributed by atoms with van der Waals surface area (Å²) >= 11 is 12.1. The molecule has 1 N–H and O–H groups in total. The molecule has 0 heterocycles. The fourth-order valence-corrected chi connectivity index (χ4v) is 3.02. The highest BCUT2D eigenvalue weighted by molar-refractivity contribution is 6.42. The van der Waals surface area contributed by atoms with Crippen molar-refractivity contribution in [3.05, 3.63) is 69.7 Å². The lowest BCUT2D eigenvalue weighted by Gasteiger charge is -2.29. The van der Waals surface area contributed by atoms with E-state index in [0.717, 1.165) is 11.1 Å². The van der Waals surface area contributed by atoms with E-state index in [9.17, 15) is 9.59 Å². The Kier molecular flexibility index (Phi) is 7.69. The summed E-state index contributed by atoms with van der Waals surface area (Å²) in [5.41, 5.74) is 1.72. The molecule has 2 aromatic carbocycles. The smallest absolute Gasteiger partial charge is 0.242 e. The van der Waals surface area contributed by atoms with Gasteiger partial charge in [0, 0.05) is 12.6 Å². The molecule has 27 heavy (non-hydrogen) atoms. The summed E-state index contributed by atoms with van der Waals surface area (Å²) in [6.07, 6.45) is 0.224. The van der Waals surface area contributed by atoms with Crippen LogP contribution in [-0.4, -0.2) is 28.8 Å². The van der Waals surface area contributed by atoms with Gasteiger partial charge in [-0.25, -0.2) is 0 Å². The number of amides is 2. The number of hydrogen-bond donors (Lipinski definition) is 1. The van der Waals surface area contributed by atoms with E-state index in [1.807, 2.05) is 50.2 Å². The standard InChI is InChI=1S/C21H24Cl2N2O2/c1-14(2)24-21(27)15(3)25(13-17-9-10-18(22)19(23)11-17)20(26)12-16-7-5-4-6-8-16/h4-11,14-15H,12-13H2,1-3H3,(H,24,27)/t15-/m0/s1. The first-order valence-electron chi connectivity index (χ1n) is 8.85. The Morgan fingerprint density at radius 2 is 1.63 bits per heavy atom. The number of halogens is 2. The maximum atomic E-state index is 13.0. The number of hydrogen-bond acceptors (Lipinski definition) is 2. The molecule has 6 heteroatoms. The molecule has 144 valence electrons. The molecule has 0 bridgehead atoms. The molecule has 1 atom stereocenters. The number of carbonyl (C=O) groups is 2. The van der Waals surface area contributed by atoms with Crippen molar-refractivity contribution >= 4 is 35.0 Å². The largest absolute Gasteiger partial charge is 0.352 e. The quantitative estimate of drug-likeness (QED) is 0.736. The Bertz CT molecular complexity index is 794. The third kappa shape index (κ3) is 6.26. The molecule has 0 radical (unpaired) electrons. The second kappa shape index (κ2) is 9.77. The van der Waals surface area contributed by atoms with Crippen molar-refractivity contribution in [2.75, 3.05) is 0 Å². The van der Waals surface area contributed by atoms with Gasteiger partial charge in [0.15, 0.2) is 0 Å². The predicted octanol–water partition coefficient (Wildman–Crippen LogP) is 4.48. The van der Waals surface area contributed by atoms with Gasteiger partial charge in [-0.3, -0.25) is 9.59 Å². The molecule has 0 aromatic heterocycles. The van der Waals surface area contributed by atoms with E-state index in [2.05, 4.69) is 5.32 Å². The third-order valence-electron chi connectivity index (χ3n) is 4.13. The van der Waals surface area contributed by atoms with Gasteiger partial charge >= 0.3 is 0 Å². The summed E-state index contributed by atoms with van der Waals surface area (Å²) in [5, 5.41) is 3.74. The van der Waals surface area contributed by atoms with Crippen LogP contribution < -0.4 is 5.32 Å². The number of rotatable bonds is 7. The molecule has 2 rings (SSSR count). The van der Waals surface area contributed by atoms with Crippen molar-refractivity contribution < 1.29 is 9.59 Å². The van der Waals surface area contributed by atoms with Gasteiger partial charge in [0.2, 0.25) is 11.8 Å². The van der Waals surface area contributed by atoms with Crippen LogP contribution in [0.1, 0.15) is 31.9 Å². The average Bonchev–Trinajstić information content (AvgIpc) is 2.62. The van der Waals surface area contributed by atoms with Crippen molar-refractivity contribution in [3.8, 4) is 0 Å². The first-order valence-corrected chi connectivity index (χ1v) is 9.61. The molecule has 0 saturated carbocycles. The highest BCUT2D eigenvalue weighted by Gasteiger charge is 2.26. The highest BCUT2D eigenvalue weighted by atomic mass is 35.5. The van der Waals surface area contributed by atoms with Gasteiger partial charge in [-0.05, 0) is 44.0 Å². The minimum absolute atomic E-state index is 0.00370. The van der Waals surface area contributed by atoms with Gasteiger partial charge in [-0.1, -0.05) is 59.6 Å². The van der Waals surface area contributed by atoms with Crippen molar-refractivity contribution in [2.45, 2.75) is 45.8 Å². The molecule has 0 saturated heterocycles. The van der Waals surface area contributed by atoms with E-state index in [-0.39, 0.29) is 30.8 Å². The first-order chi connectivity index (χ1) is 12.8. The lowest BCUT2D eigenvalue weighted by Crippen LogP contribution is -2.49.